The lowest BCUT2D eigenvalue weighted by molar-refractivity contribution is 0.767. The average molecular weight is 218 g/mol. The van der Waals surface area contributed by atoms with Gasteiger partial charge in [0.2, 0.25) is 0 Å². The van der Waals surface area contributed by atoms with E-state index in [4.69, 9.17) is 5.73 Å². The molecule has 0 saturated carbocycles. The molecule has 0 aromatic carbocycles. The van der Waals surface area contributed by atoms with E-state index < -0.39 is 0 Å². The first-order valence-electron chi connectivity index (χ1n) is 5.03. The van der Waals surface area contributed by atoms with Crippen LogP contribution in [0.25, 0.3) is 0 Å². The molecule has 0 aliphatic carbocycles. The van der Waals surface area contributed by atoms with E-state index in [1.165, 1.54) is 11.8 Å². The number of hydrogen-bond donors (Lipinski definition) is 2. The highest BCUT2D eigenvalue weighted by atomic mass is 15.2. The van der Waals surface area contributed by atoms with Crippen molar-refractivity contribution in [3.8, 4) is 0 Å². The zero-order valence-corrected chi connectivity index (χ0v) is 9.09. The van der Waals surface area contributed by atoms with Crippen molar-refractivity contribution in [2.45, 2.75) is 6.42 Å². The van der Waals surface area contributed by atoms with Gasteiger partial charge in [-0.25, -0.2) is 4.98 Å². The summed E-state index contributed by atoms with van der Waals surface area (Å²) >= 11 is 0. The van der Waals surface area contributed by atoms with Gasteiger partial charge < -0.3 is 11.1 Å². The van der Waals surface area contributed by atoms with Crippen molar-refractivity contribution in [3.63, 3.8) is 0 Å². The number of aromatic nitrogens is 4. The number of nitrogen functional groups attached to an aromatic ring is 1. The number of nitrogens with zero attached hydrogens (tertiary/aromatic N) is 4. The molecule has 16 heavy (non-hydrogen) atoms. The Hall–Kier alpha value is -2.11. The number of hydrogen-bond acceptors (Lipinski definition) is 5. The second kappa shape index (κ2) is 4.61. The van der Waals surface area contributed by atoms with E-state index in [2.05, 4.69) is 20.4 Å². The molecule has 0 unspecified atom stereocenters. The van der Waals surface area contributed by atoms with Crippen molar-refractivity contribution in [1.82, 2.24) is 19.7 Å². The highest BCUT2D eigenvalue weighted by Crippen LogP contribution is 2.03. The molecule has 2 rings (SSSR count). The number of aryl methyl sites for hydroxylation is 1. The van der Waals surface area contributed by atoms with E-state index in [0.717, 1.165) is 13.0 Å². The quantitative estimate of drug-likeness (QED) is 0.778. The van der Waals surface area contributed by atoms with E-state index in [1.54, 1.807) is 10.9 Å². The maximum absolute atomic E-state index is 5.52. The van der Waals surface area contributed by atoms with Crippen LogP contribution in [0.4, 0.5) is 11.6 Å². The van der Waals surface area contributed by atoms with Gasteiger partial charge in [-0.15, -0.1) is 0 Å². The van der Waals surface area contributed by atoms with Gasteiger partial charge in [0.05, 0.1) is 18.6 Å². The third kappa shape index (κ3) is 2.69. The lowest BCUT2D eigenvalue weighted by Crippen LogP contribution is -2.07. The molecule has 2 heterocycles. The summed E-state index contributed by atoms with van der Waals surface area (Å²) in [6, 6.07) is 0. The molecule has 2 aromatic heterocycles. The molecule has 0 radical (unpaired) electrons. The molecular formula is C10H14N6. The maximum Gasteiger partial charge on any atom is 0.146 e. The Labute approximate surface area is 93.5 Å². The minimum Gasteiger partial charge on any atom is -0.382 e. The summed E-state index contributed by atoms with van der Waals surface area (Å²) in [6.07, 6.45) is 7.91. The molecule has 6 heteroatoms. The number of rotatable bonds is 4. The van der Waals surface area contributed by atoms with Crippen LogP contribution in [0, 0.1) is 0 Å². The number of nitrogens with one attached hydrogen (secondary N) is 1. The van der Waals surface area contributed by atoms with Gasteiger partial charge >= 0.3 is 0 Å². The molecule has 0 fully saturated rings. The predicted octanol–water partition coefficient (Wildman–Crippen LogP) is 0.447. The summed E-state index contributed by atoms with van der Waals surface area (Å²) < 4.78 is 1.79. The van der Waals surface area contributed by atoms with E-state index in [0.29, 0.717) is 11.6 Å². The highest BCUT2D eigenvalue weighted by Gasteiger charge is 1.97. The number of nitrogens with two attached hydrogens (primary N) is 1. The summed E-state index contributed by atoms with van der Waals surface area (Å²) in [5.74, 6) is 1.12. The molecule has 0 spiro atoms. The van der Waals surface area contributed by atoms with Gasteiger partial charge in [0, 0.05) is 19.8 Å². The van der Waals surface area contributed by atoms with Crippen LogP contribution in [0.3, 0.4) is 0 Å². The van der Waals surface area contributed by atoms with Gasteiger partial charge in [-0.3, -0.25) is 9.67 Å². The standard InChI is InChI=1S/C10H14N6/c1-16-7-8(4-14-16)2-3-13-10-6-12-5-9(11)15-10/h4-7H,2-3H2,1H3,(H3,11,13,15). The second-order valence-corrected chi connectivity index (χ2v) is 3.53. The lowest BCUT2D eigenvalue weighted by atomic mass is 10.2. The maximum atomic E-state index is 5.52. The molecule has 0 bridgehead atoms. The van der Waals surface area contributed by atoms with Crippen molar-refractivity contribution >= 4 is 11.6 Å². The normalized spacial score (nSPS) is 10.3. The molecule has 0 aliphatic heterocycles. The number of anilines is 2. The molecule has 3 N–H and O–H groups in total. The lowest BCUT2D eigenvalue weighted by Gasteiger charge is -2.03. The second-order valence-electron chi connectivity index (χ2n) is 3.53. The van der Waals surface area contributed by atoms with Gasteiger partial charge in [-0.2, -0.15) is 5.10 Å². The van der Waals surface area contributed by atoms with Crippen LogP contribution in [0.15, 0.2) is 24.8 Å². The third-order valence-corrected chi connectivity index (χ3v) is 2.13. The smallest absolute Gasteiger partial charge is 0.146 e. The van der Waals surface area contributed by atoms with Crippen LogP contribution in [0.5, 0.6) is 0 Å². The Bertz CT molecular complexity index is 464. The van der Waals surface area contributed by atoms with E-state index in [9.17, 15) is 0 Å². The van der Waals surface area contributed by atoms with Crippen molar-refractivity contribution in [2.75, 3.05) is 17.6 Å². The van der Waals surface area contributed by atoms with Gasteiger partial charge in [0.15, 0.2) is 0 Å². The predicted molar refractivity (Wildman–Crippen MR) is 61.8 cm³/mol. The van der Waals surface area contributed by atoms with Crippen molar-refractivity contribution < 1.29 is 0 Å². The van der Waals surface area contributed by atoms with Gasteiger partial charge in [0.25, 0.3) is 0 Å². The van der Waals surface area contributed by atoms with Crippen molar-refractivity contribution in [2.24, 2.45) is 7.05 Å². The molecule has 0 aliphatic rings. The fraction of sp³-hybridized carbons (Fsp3) is 0.300. The Morgan fingerprint density at radius 2 is 2.25 bits per heavy atom. The SMILES string of the molecule is Cn1cc(CCNc2cncc(N)n2)cn1. The monoisotopic (exact) mass is 218 g/mol. The van der Waals surface area contributed by atoms with Gasteiger partial charge in [-0.05, 0) is 12.0 Å². The van der Waals surface area contributed by atoms with Crippen molar-refractivity contribution in [1.29, 1.82) is 0 Å². The average Bonchev–Trinajstić information content (AvgIpc) is 2.64. The molecule has 0 saturated heterocycles. The molecule has 84 valence electrons. The van der Waals surface area contributed by atoms with E-state index in [-0.39, 0.29) is 0 Å². The van der Waals surface area contributed by atoms with Crippen LogP contribution in [-0.4, -0.2) is 26.3 Å². The molecule has 2 aromatic rings. The first kappa shape index (κ1) is 10.4. The van der Waals surface area contributed by atoms with Crippen LogP contribution in [0.2, 0.25) is 0 Å². The summed E-state index contributed by atoms with van der Waals surface area (Å²) in [7, 11) is 1.90. The molecule has 6 nitrogen and oxygen atoms in total. The minimum atomic E-state index is 0.423. The Morgan fingerprint density at radius 1 is 1.38 bits per heavy atom. The molecular weight excluding hydrogens is 204 g/mol. The molecule has 0 atom stereocenters. The Kier molecular flexibility index (Phi) is 3.00. The molecule has 0 amide bonds. The summed E-state index contributed by atoms with van der Waals surface area (Å²) in [6.45, 7) is 0.782. The summed E-state index contributed by atoms with van der Waals surface area (Å²) in [5, 5.41) is 7.25. The van der Waals surface area contributed by atoms with Crippen LogP contribution < -0.4 is 11.1 Å². The fourth-order valence-electron chi connectivity index (χ4n) is 1.40. The van der Waals surface area contributed by atoms with Gasteiger partial charge in [0.1, 0.15) is 11.6 Å². The zero-order valence-electron chi connectivity index (χ0n) is 9.09. The Balaban J connectivity index is 1.84. The topological polar surface area (TPSA) is 81.7 Å². The zero-order chi connectivity index (χ0) is 11.4. The highest BCUT2D eigenvalue weighted by molar-refractivity contribution is 5.38. The van der Waals surface area contributed by atoms with Crippen LogP contribution >= 0.6 is 0 Å². The van der Waals surface area contributed by atoms with E-state index in [1.807, 2.05) is 19.4 Å². The van der Waals surface area contributed by atoms with Crippen LogP contribution in [0.1, 0.15) is 5.56 Å². The third-order valence-electron chi connectivity index (χ3n) is 2.13. The first-order chi connectivity index (χ1) is 7.74. The van der Waals surface area contributed by atoms with Crippen LogP contribution in [-0.2, 0) is 13.5 Å². The summed E-state index contributed by atoms with van der Waals surface area (Å²) in [4.78, 5) is 8.04. The summed E-state index contributed by atoms with van der Waals surface area (Å²) in [5.41, 5.74) is 6.70. The Morgan fingerprint density at radius 3 is 2.94 bits per heavy atom. The van der Waals surface area contributed by atoms with Gasteiger partial charge in [-0.1, -0.05) is 0 Å². The fourth-order valence-corrected chi connectivity index (χ4v) is 1.40. The largest absolute Gasteiger partial charge is 0.382 e. The van der Waals surface area contributed by atoms with Crippen molar-refractivity contribution in [3.05, 3.63) is 30.4 Å². The first-order valence-corrected chi connectivity index (χ1v) is 5.03. The minimum absolute atomic E-state index is 0.423. The van der Waals surface area contributed by atoms with E-state index >= 15 is 0 Å².